The highest BCUT2D eigenvalue weighted by molar-refractivity contribution is 5.28. The molecule has 0 aromatic carbocycles. The molecule has 0 spiro atoms. The van der Waals surface area contributed by atoms with Gasteiger partial charge in [0.25, 0.3) is 6.08 Å². The zero-order valence-electron chi connectivity index (χ0n) is 10.9. The molecule has 96 valence electrons. The van der Waals surface area contributed by atoms with E-state index in [1.165, 1.54) is 6.42 Å². The van der Waals surface area contributed by atoms with Gasteiger partial charge in [0, 0.05) is 24.2 Å². The highest BCUT2D eigenvalue weighted by Crippen LogP contribution is 2.63. The third-order valence-corrected chi connectivity index (χ3v) is 4.70. The summed E-state index contributed by atoms with van der Waals surface area (Å²) in [5.74, 6) is 1.50. The molecule has 3 aliphatic rings. The minimum atomic E-state index is -1.43. The first-order valence-electron chi connectivity index (χ1n) is 6.60. The van der Waals surface area contributed by atoms with E-state index in [1.54, 1.807) is 0 Å². The van der Waals surface area contributed by atoms with Crippen molar-refractivity contribution in [3.05, 3.63) is 11.7 Å². The molecule has 1 aliphatic carbocycles. The van der Waals surface area contributed by atoms with E-state index in [9.17, 15) is 8.78 Å². The van der Waals surface area contributed by atoms with Gasteiger partial charge in [0.05, 0.1) is 0 Å². The molecule has 1 nitrogen and oxygen atoms in total. The first-order valence-corrected chi connectivity index (χ1v) is 6.60. The van der Waals surface area contributed by atoms with E-state index in [0.717, 1.165) is 18.9 Å². The Kier molecular flexibility index (Phi) is 2.27. The summed E-state index contributed by atoms with van der Waals surface area (Å²) in [5, 5.41) is 0. The first kappa shape index (κ1) is 11.6. The molecule has 2 saturated heterocycles. The number of piperidine rings is 1. The van der Waals surface area contributed by atoms with Crippen LogP contribution in [0.2, 0.25) is 0 Å². The van der Waals surface area contributed by atoms with Crippen molar-refractivity contribution in [2.24, 2.45) is 17.3 Å². The largest absolute Gasteiger partial charge is 0.293 e. The zero-order valence-corrected chi connectivity index (χ0v) is 10.9. The molecule has 3 atom stereocenters. The van der Waals surface area contributed by atoms with Gasteiger partial charge in [-0.25, -0.2) is 0 Å². The van der Waals surface area contributed by atoms with E-state index < -0.39 is 6.08 Å². The minimum absolute atomic E-state index is 0.0711. The maximum atomic E-state index is 12.8. The molecule has 1 saturated carbocycles. The number of hydrogen-bond acceptors (Lipinski definition) is 1. The maximum Gasteiger partial charge on any atom is 0.270 e. The van der Waals surface area contributed by atoms with Crippen LogP contribution in [0.3, 0.4) is 0 Å². The molecular formula is C14H21F2N. The topological polar surface area (TPSA) is 3.24 Å². The van der Waals surface area contributed by atoms with Gasteiger partial charge in [-0.05, 0) is 36.5 Å². The van der Waals surface area contributed by atoms with E-state index in [4.69, 9.17) is 0 Å². The molecule has 0 bridgehead atoms. The molecule has 17 heavy (non-hydrogen) atoms. The predicted octanol–water partition coefficient (Wildman–Crippen LogP) is 3.67. The molecule has 0 aromatic heterocycles. The Balaban J connectivity index is 1.91. The SMILES string of the molecule is CC(C)(C)CC12CC(=C(F)F)CN1CC1CC12. The van der Waals surface area contributed by atoms with Gasteiger partial charge in [0.1, 0.15) is 0 Å². The van der Waals surface area contributed by atoms with E-state index in [0.29, 0.717) is 24.5 Å². The van der Waals surface area contributed by atoms with Crippen molar-refractivity contribution in [2.45, 2.75) is 45.6 Å². The first-order chi connectivity index (χ1) is 7.82. The van der Waals surface area contributed by atoms with Gasteiger partial charge in [0.2, 0.25) is 0 Å². The van der Waals surface area contributed by atoms with E-state index in [1.807, 2.05) is 0 Å². The highest BCUT2D eigenvalue weighted by atomic mass is 19.3. The average molecular weight is 241 g/mol. The van der Waals surface area contributed by atoms with Crippen molar-refractivity contribution in [1.29, 1.82) is 0 Å². The van der Waals surface area contributed by atoms with Crippen LogP contribution in [-0.2, 0) is 0 Å². The lowest BCUT2D eigenvalue weighted by atomic mass is 9.75. The lowest BCUT2D eigenvalue weighted by Crippen LogP contribution is -2.44. The average Bonchev–Trinajstić information content (AvgIpc) is 2.73. The second kappa shape index (κ2) is 3.31. The summed E-state index contributed by atoms with van der Waals surface area (Å²) in [6.45, 7) is 8.25. The number of nitrogens with zero attached hydrogens (tertiary/aromatic N) is 1. The number of halogens is 2. The second-order valence-corrected chi connectivity index (χ2v) is 7.36. The van der Waals surface area contributed by atoms with Gasteiger partial charge in [-0.15, -0.1) is 0 Å². The van der Waals surface area contributed by atoms with Gasteiger partial charge in [-0.3, -0.25) is 4.90 Å². The van der Waals surface area contributed by atoms with E-state index in [2.05, 4.69) is 25.7 Å². The van der Waals surface area contributed by atoms with Crippen molar-refractivity contribution in [1.82, 2.24) is 4.90 Å². The second-order valence-electron chi connectivity index (χ2n) is 7.36. The number of fused-ring (bicyclic) bond motifs is 3. The maximum absolute atomic E-state index is 12.8. The summed E-state index contributed by atoms with van der Waals surface area (Å²) in [5.41, 5.74) is 0.694. The summed E-state index contributed by atoms with van der Waals surface area (Å²) in [7, 11) is 0. The van der Waals surface area contributed by atoms with Gasteiger partial charge in [-0.2, -0.15) is 8.78 Å². The van der Waals surface area contributed by atoms with Crippen LogP contribution in [0, 0.1) is 17.3 Å². The fraction of sp³-hybridized carbons (Fsp3) is 0.857. The van der Waals surface area contributed by atoms with Crippen molar-refractivity contribution < 1.29 is 8.78 Å². The normalized spacial score (nSPS) is 40.4. The van der Waals surface area contributed by atoms with Crippen molar-refractivity contribution in [3.63, 3.8) is 0 Å². The van der Waals surface area contributed by atoms with Crippen LogP contribution >= 0.6 is 0 Å². The van der Waals surface area contributed by atoms with Crippen molar-refractivity contribution in [2.75, 3.05) is 13.1 Å². The number of rotatable bonds is 1. The quantitative estimate of drug-likeness (QED) is 0.677. The predicted molar refractivity (Wildman–Crippen MR) is 63.8 cm³/mol. The van der Waals surface area contributed by atoms with Crippen molar-refractivity contribution in [3.8, 4) is 0 Å². The summed E-state index contributed by atoms with van der Waals surface area (Å²) < 4.78 is 25.7. The van der Waals surface area contributed by atoms with Crippen LogP contribution in [0.15, 0.2) is 11.7 Å². The monoisotopic (exact) mass is 241 g/mol. The molecule has 2 aliphatic heterocycles. The summed E-state index contributed by atoms with van der Waals surface area (Å²) >= 11 is 0. The zero-order chi connectivity index (χ0) is 12.4. The molecule has 0 amide bonds. The Morgan fingerprint density at radius 2 is 2.12 bits per heavy atom. The Morgan fingerprint density at radius 1 is 1.41 bits per heavy atom. The van der Waals surface area contributed by atoms with Crippen molar-refractivity contribution >= 4 is 0 Å². The van der Waals surface area contributed by atoms with Crippen LogP contribution in [-0.4, -0.2) is 23.5 Å². The number of hydrogen-bond donors (Lipinski definition) is 0. The minimum Gasteiger partial charge on any atom is -0.293 e. The van der Waals surface area contributed by atoms with Crippen LogP contribution < -0.4 is 0 Å². The molecule has 3 fully saturated rings. The van der Waals surface area contributed by atoms with Crippen LogP contribution in [0.1, 0.15) is 40.0 Å². The molecule has 3 unspecified atom stereocenters. The third kappa shape index (κ3) is 1.74. The highest BCUT2D eigenvalue weighted by Gasteiger charge is 2.65. The van der Waals surface area contributed by atoms with Gasteiger partial charge >= 0.3 is 0 Å². The van der Waals surface area contributed by atoms with Crippen LogP contribution in [0.25, 0.3) is 0 Å². The lowest BCUT2D eigenvalue weighted by Gasteiger charge is -2.39. The van der Waals surface area contributed by atoms with Crippen LogP contribution in [0.4, 0.5) is 8.78 Å². The molecule has 3 heteroatoms. The molecule has 3 rings (SSSR count). The smallest absolute Gasteiger partial charge is 0.270 e. The van der Waals surface area contributed by atoms with E-state index >= 15 is 0 Å². The molecule has 0 N–H and O–H groups in total. The Morgan fingerprint density at radius 3 is 2.71 bits per heavy atom. The molecule has 2 heterocycles. The Bertz CT molecular complexity index is 378. The lowest BCUT2D eigenvalue weighted by molar-refractivity contribution is 0.101. The third-order valence-electron chi connectivity index (χ3n) is 4.70. The van der Waals surface area contributed by atoms with Gasteiger partial charge in [0.15, 0.2) is 0 Å². The summed E-state index contributed by atoms with van der Waals surface area (Å²) in [4.78, 5) is 2.35. The van der Waals surface area contributed by atoms with E-state index in [-0.39, 0.29) is 11.0 Å². The Labute approximate surface area is 102 Å². The summed E-state index contributed by atoms with van der Waals surface area (Å²) in [6, 6.07) is 0. The fourth-order valence-electron chi connectivity index (χ4n) is 4.28. The van der Waals surface area contributed by atoms with Crippen LogP contribution in [0.5, 0.6) is 0 Å². The van der Waals surface area contributed by atoms with Gasteiger partial charge < -0.3 is 0 Å². The molecule has 0 radical (unpaired) electrons. The molecular weight excluding hydrogens is 220 g/mol. The van der Waals surface area contributed by atoms with Gasteiger partial charge in [-0.1, -0.05) is 20.8 Å². The summed E-state index contributed by atoms with van der Waals surface area (Å²) in [6.07, 6.45) is 1.52. The Hall–Kier alpha value is -0.440. The molecule has 0 aromatic rings. The standard InChI is InChI=1S/C14H21F2N/c1-13(2,3)8-14-5-10(12(15)16)7-17(14)6-9-4-11(9)14/h9,11H,4-8H2,1-3H3. The fourth-order valence-corrected chi connectivity index (χ4v) is 4.28.